The fourth-order valence-electron chi connectivity index (χ4n) is 3.54. The predicted molar refractivity (Wildman–Crippen MR) is 111 cm³/mol. The summed E-state index contributed by atoms with van der Waals surface area (Å²) in [6.07, 6.45) is 0.971. The van der Waals surface area contributed by atoms with Crippen LogP contribution in [0.15, 0.2) is 66.7 Å². The van der Waals surface area contributed by atoms with Crippen molar-refractivity contribution in [3.63, 3.8) is 0 Å². The monoisotopic (exact) mass is 392 g/mol. The summed E-state index contributed by atoms with van der Waals surface area (Å²) in [4.78, 5) is 0. The summed E-state index contributed by atoms with van der Waals surface area (Å²) in [5, 5.41) is 1.12. The van der Waals surface area contributed by atoms with E-state index in [9.17, 15) is 8.78 Å². The minimum atomic E-state index is -0.868. The van der Waals surface area contributed by atoms with Crippen molar-refractivity contribution in [2.24, 2.45) is 0 Å². The molecule has 0 aliphatic rings. The molecule has 4 aromatic rings. The van der Waals surface area contributed by atoms with Crippen LogP contribution in [0.25, 0.3) is 33.0 Å². The number of aryl methyl sites for hydroxylation is 1. The Labute approximate surface area is 167 Å². The van der Waals surface area contributed by atoms with Gasteiger partial charge in [-0.1, -0.05) is 55.5 Å². The Hall–Kier alpha value is -3.27. The van der Waals surface area contributed by atoms with Crippen LogP contribution >= 0.6 is 0 Å². The first kappa shape index (κ1) is 19.1. The average molecular weight is 392 g/mol. The van der Waals surface area contributed by atoms with Crippen LogP contribution in [0.4, 0.5) is 13.2 Å². The third-order valence-corrected chi connectivity index (χ3v) is 5.16. The maximum atomic E-state index is 15.2. The minimum absolute atomic E-state index is 0.124. The Kier molecular flexibility index (Phi) is 5.01. The van der Waals surface area contributed by atoms with Gasteiger partial charge in [-0.3, -0.25) is 0 Å². The number of hydrogen-bond acceptors (Lipinski definition) is 1. The third kappa shape index (κ3) is 3.46. The smallest absolute Gasteiger partial charge is 0.190 e. The molecule has 0 spiro atoms. The number of ether oxygens (including phenoxy) is 1. The molecule has 0 heterocycles. The summed E-state index contributed by atoms with van der Waals surface area (Å²) in [6, 6.07) is 19.2. The van der Waals surface area contributed by atoms with E-state index in [1.54, 1.807) is 18.2 Å². The first-order valence-corrected chi connectivity index (χ1v) is 9.36. The summed E-state index contributed by atoms with van der Waals surface area (Å²) in [5.74, 6) is -2.73. The number of methoxy groups -OCH3 is 1. The maximum absolute atomic E-state index is 15.2. The van der Waals surface area contributed by atoms with Crippen LogP contribution in [0.5, 0.6) is 5.75 Å². The molecule has 29 heavy (non-hydrogen) atoms. The van der Waals surface area contributed by atoms with Crippen LogP contribution in [-0.2, 0) is 6.42 Å². The van der Waals surface area contributed by atoms with Gasteiger partial charge in [0.2, 0.25) is 0 Å². The van der Waals surface area contributed by atoms with E-state index >= 15 is 4.39 Å². The molecule has 0 saturated heterocycles. The van der Waals surface area contributed by atoms with Crippen LogP contribution in [-0.4, -0.2) is 7.11 Å². The van der Waals surface area contributed by atoms with Crippen LogP contribution in [0.3, 0.4) is 0 Å². The van der Waals surface area contributed by atoms with Crippen molar-refractivity contribution in [3.8, 4) is 28.0 Å². The molecule has 0 atom stereocenters. The van der Waals surface area contributed by atoms with E-state index in [1.807, 2.05) is 24.3 Å². The van der Waals surface area contributed by atoms with Gasteiger partial charge in [0.15, 0.2) is 17.4 Å². The second-order valence-electron chi connectivity index (χ2n) is 6.89. The van der Waals surface area contributed by atoms with Crippen molar-refractivity contribution in [2.45, 2.75) is 13.3 Å². The molecule has 4 heteroatoms. The molecule has 0 aliphatic heterocycles. The molecule has 0 aliphatic carbocycles. The Balaban J connectivity index is 1.78. The van der Waals surface area contributed by atoms with E-state index in [0.29, 0.717) is 5.39 Å². The lowest BCUT2D eigenvalue weighted by molar-refractivity contribution is 0.360. The fourth-order valence-corrected chi connectivity index (χ4v) is 3.54. The summed E-state index contributed by atoms with van der Waals surface area (Å²) < 4.78 is 47.9. The molecular weight excluding hydrogens is 373 g/mol. The number of halogens is 3. The zero-order chi connectivity index (χ0) is 20.5. The Morgan fingerprint density at radius 1 is 0.724 bits per heavy atom. The van der Waals surface area contributed by atoms with Gasteiger partial charge in [-0.15, -0.1) is 0 Å². The average Bonchev–Trinajstić information content (AvgIpc) is 2.73. The maximum Gasteiger partial charge on any atom is 0.190 e. The van der Waals surface area contributed by atoms with Crippen LogP contribution in [0, 0.1) is 17.5 Å². The van der Waals surface area contributed by atoms with E-state index in [2.05, 4.69) is 19.1 Å². The van der Waals surface area contributed by atoms with Crippen molar-refractivity contribution in [1.82, 2.24) is 0 Å². The molecule has 4 aromatic carbocycles. The minimum Gasteiger partial charge on any atom is -0.491 e. The highest BCUT2D eigenvalue weighted by atomic mass is 19.1. The molecule has 0 radical (unpaired) electrons. The van der Waals surface area contributed by atoms with E-state index in [-0.39, 0.29) is 11.1 Å². The van der Waals surface area contributed by atoms with Crippen molar-refractivity contribution in [1.29, 1.82) is 0 Å². The topological polar surface area (TPSA) is 9.23 Å². The zero-order valence-corrected chi connectivity index (χ0v) is 16.1. The lowest BCUT2D eigenvalue weighted by Crippen LogP contribution is -1.95. The van der Waals surface area contributed by atoms with Gasteiger partial charge in [0.1, 0.15) is 5.82 Å². The van der Waals surface area contributed by atoms with Gasteiger partial charge in [0, 0.05) is 10.9 Å². The van der Waals surface area contributed by atoms with Crippen molar-refractivity contribution >= 4 is 10.8 Å². The first-order valence-electron chi connectivity index (χ1n) is 9.36. The van der Waals surface area contributed by atoms with Gasteiger partial charge < -0.3 is 4.74 Å². The van der Waals surface area contributed by atoms with E-state index in [0.717, 1.165) is 35.1 Å². The Bertz CT molecular complexity index is 1170. The SMILES string of the molecule is CCc1ccc(-c2ccc3c(F)c(-c4cc(F)c(OC)c(F)c4)ccc3c2)cc1. The molecule has 0 amide bonds. The van der Waals surface area contributed by atoms with Crippen LogP contribution in [0.2, 0.25) is 0 Å². The number of benzene rings is 4. The van der Waals surface area contributed by atoms with Crippen LogP contribution < -0.4 is 4.74 Å². The van der Waals surface area contributed by atoms with Gasteiger partial charge in [-0.25, -0.2) is 13.2 Å². The van der Waals surface area contributed by atoms with Crippen molar-refractivity contribution < 1.29 is 17.9 Å². The highest BCUT2D eigenvalue weighted by molar-refractivity contribution is 5.91. The Morgan fingerprint density at radius 2 is 1.38 bits per heavy atom. The van der Waals surface area contributed by atoms with E-state index in [4.69, 9.17) is 4.74 Å². The number of fused-ring (bicyclic) bond motifs is 1. The zero-order valence-electron chi connectivity index (χ0n) is 16.1. The van der Waals surface area contributed by atoms with Gasteiger partial charge in [0.25, 0.3) is 0 Å². The summed E-state index contributed by atoms with van der Waals surface area (Å²) in [5.41, 5.74) is 3.54. The highest BCUT2D eigenvalue weighted by Gasteiger charge is 2.16. The molecule has 1 nitrogen and oxygen atoms in total. The largest absolute Gasteiger partial charge is 0.491 e. The van der Waals surface area contributed by atoms with E-state index < -0.39 is 23.2 Å². The summed E-state index contributed by atoms with van der Waals surface area (Å²) in [7, 11) is 1.19. The number of rotatable bonds is 4. The van der Waals surface area contributed by atoms with Crippen molar-refractivity contribution in [3.05, 3.63) is 89.7 Å². The standard InChI is InChI=1S/C25H19F3O/c1-3-15-4-6-16(7-5-15)17-8-10-20-18(12-17)9-11-21(24(20)28)19-13-22(26)25(29-2)23(27)14-19/h4-14H,3H2,1-2H3. The number of hydrogen-bond donors (Lipinski definition) is 0. The molecule has 0 bridgehead atoms. The van der Waals surface area contributed by atoms with Crippen LogP contribution in [0.1, 0.15) is 12.5 Å². The molecule has 0 fully saturated rings. The van der Waals surface area contributed by atoms with Crippen molar-refractivity contribution in [2.75, 3.05) is 7.11 Å². The summed E-state index contributed by atoms with van der Waals surface area (Å²) >= 11 is 0. The van der Waals surface area contributed by atoms with Gasteiger partial charge in [0.05, 0.1) is 7.11 Å². The first-order chi connectivity index (χ1) is 14.0. The van der Waals surface area contributed by atoms with E-state index in [1.165, 1.54) is 12.7 Å². The lowest BCUT2D eigenvalue weighted by atomic mass is 9.96. The van der Waals surface area contributed by atoms with Gasteiger partial charge in [-0.05, 0) is 52.3 Å². The summed E-state index contributed by atoms with van der Waals surface area (Å²) in [6.45, 7) is 2.10. The van der Waals surface area contributed by atoms with Gasteiger partial charge in [-0.2, -0.15) is 0 Å². The molecule has 4 rings (SSSR count). The molecule has 0 saturated carbocycles. The molecule has 146 valence electrons. The second-order valence-corrected chi connectivity index (χ2v) is 6.89. The highest BCUT2D eigenvalue weighted by Crippen LogP contribution is 2.34. The molecule has 0 N–H and O–H groups in total. The normalized spacial score (nSPS) is 11.1. The molecule has 0 unspecified atom stereocenters. The lowest BCUT2D eigenvalue weighted by Gasteiger charge is -2.11. The molecule has 0 aromatic heterocycles. The third-order valence-electron chi connectivity index (χ3n) is 5.16. The predicted octanol–water partition coefficient (Wildman–Crippen LogP) is 7.16. The fraction of sp³-hybridized carbons (Fsp3) is 0.120. The second kappa shape index (κ2) is 7.63. The quantitative estimate of drug-likeness (QED) is 0.358. The van der Waals surface area contributed by atoms with Gasteiger partial charge >= 0.3 is 0 Å². The Morgan fingerprint density at radius 3 is 2.00 bits per heavy atom. The molecular formula is C25H19F3O.